The van der Waals surface area contributed by atoms with E-state index in [1.54, 1.807) is 0 Å². The van der Waals surface area contributed by atoms with Crippen LogP contribution in [0.4, 0.5) is 0 Å². The average molecular weight is 379 g/mol. The zero-order valence-corrected chi connectivity index (χ0v) is 16.7. The van der Waals surface area contributed by atoms with E-state index in [1.807, 2.05) is 36.2 Å². The number of carbonyl (C=O) groups excluding carboxylic acids is 2. The molecule has 2 amide bonds. The number of hydrogen-bond donors (Lipinski definition) is 1. The predicted molar refractivity (Wildman–Crippen MR) is 106 cm³/mol. The number of rotatable bonds is 8. The maximum Gasteiger partial charge on any atom is 0.225 e. The van der Waals surface area contributed by atoms with Crippen LogP contribution in [0.1, 0.15) is 51.0 Å². The summed E-state index contributed by atoms with van der Waals surface area (Å²) < 4.78 is 0. The first-order valence-electron chi connectivity index (χ1n) is 9.78. The van der Waals surface area contributed by atoms with Gasteiger partial charge in [0, 0.05) is 37.0 Å². The van der Waals surface area contributed by atoms with Crippen LogP contribution in [0.25, 0.3) is 0 Å². The lowest BCUT2D eigenvalue weighted by Gasteiger charge is -2.30. The van der Waals surface area contributed by atoms with Crippen molar-refractivity contribution < 1.29 is 9.59 Å². The van der Waals surface area contributed by atoms with Gasteiger partial charge in [-0.05, 0) is 56.2 Å². The van der Waals surface area contributed by atoms with E-state index >= 15 is 0 Å². The highest BCUT2D eigenvalue weighted by molar-refractivity contribution is 6.30. The molecule has 2 rings (SSSR count). The lowest BCUT2D eigenvalue weighted by Crippen LogP contribution is -2.39. The molecular formula is C21H31ClN2O2. The van der Waals surface area contributed by atoms with Crippen molar-refractivity contribution in [1.82, 2.24) is 10.2 Å². The van der Waals surface area contributed by atoms with Crippen LogP contribution in [-0.2, 0) is 16.0 Å². The van der Waals surface area contributed by atoms with E-state index in [9.17, 15) is 9.59 Å². The molecule has 1 aromatic carbocycles. The van der Waals surface area contributed by atoms with E-state index in [0.29, 0.717) is 6.54 Å². The fraction of sp³-hybridized carbons (Fsp3) is 0.619. The van der Waals surface area contributed by atoms with Gasteiger partial charge in [-0.2, -0.15) is 0 Å². The first kappa shape index (κ1) is 20.8. The second kappa shape index (κ2) is 10.6. The number of unbranched alkanes of at least 4 members (excludes halogenated alkanes) is 1. The van der Waals surface area contributed by atoms with E-state index in [0.717, 1.165) is 62.1 Å². The summed E-state index contributed by atoms with van der Waals surface area (Å²) in [5.74, 6) is 0.502. The molecule has 26 heavy (non-hydrogen) atoms. The summed E-state index contributed by atoms with van der Waals surface area (Å²) in [5, 5.41) is 3.76. The number of hydrogen-bond acceptors (Lipinski definition) is 2. The fourth-order valence-electron chi connectivity index (χ4n) is 3.59. The van der Waals surface area contributed by atoms with Crippen molar-refractivity contribution in [3.05, 3.63) is 34.9 Å². The number of nitrogens with one attached hydrogen (secondary N) is 1. The largest absolute Gasteiger partial charge is 0.356 e. The summed E-state index contributed by atoms with van der Waals surface area (Å²) in [4.78, 5) is 26.7. The Morgan fingerprint density at radius 2 is 1.88 bits per heavy atom. The molecule has 0 unspecified atom stereocenters. The zero-order chi connectivity index (χ0) is 18.9. The first-order valence-corrected chi connectivity index (χ1v) is 10.2. The Kier molecular flexibility index (Phi) is 8.43. The van der Waals surface area contributed by atoms with Crippen molar-refractivity contribution in [3.63, 3.8) is 0 Å². The SMILES string of the molecule is CCCCN(C)C(=O)C1CCC(C(=O)NCCc2cccc(Cl)c2)CC1. The Bertz CT molecular complexity index is 597. The molecular weight excluding hydrogens is 348 g/mol. The van der Waals surface area contributed by atoms with Crippen LogP contribution in [-0.4, -0.2) is 36.9 Å². The van der Waals surface area contributed by atoms with Gasteiger partial charge in [0.15, 0.2) is 0 Å². The van der Waals surface area contributed by atoms with Crippen molar-refractivity contribution in [2.45, 2.75) is 51.9 Å². The lowest BCUT2D eigenvalue weighted by molar-refractivity contribution is -0.137. The van der Waals surface area contributed by atoms with Crippen LogP contribution in [0.15, 0.2) is 24.3 Å². The monoisotopic (exact) mass is 378 g/mol. The maximum absolute atomic E-state index is 12.5. The van der Waals surface area contributed by atoms with Crippen molar-refractivity contribution in [2.24, 2.45) is 11.8 Å². The molecule has 1 aromatic rings. The molecule has 1 N–H and O–H groups in total. The molecule has 1 aliphatic rings. The molecule has 4 nitrogen and oxygen atoms in total. The molecule has 144 valence electrons. The van der Waals surface area contributed by atoms with Crippen LogP contribution < -0.4 is 5.32 Å². The predicted octanol–water partition coefficient (Wildman–Crippen LogP) is 4.06. The molecule has 5 heteroatoms. The van der Waals surface area contributed by atoms with E-state index in [2.05, 4.69) is 12.2 Å². The Balaban J connectivity index is 1.70. The van der Waals surface area contributed by atoms with Crippen LogP contribution in [0.2, 0.25) is 5.02 Å². The minimum Gasteiger partial charge on any atom is -0.356 e. The van der Waals surface area contributed by atoms with Crippen LogP contribution in [0.3, 0.4) is 0 Å². The van der Waals surface area contributed by atoms with Gasteiger partial charge < -0.3 is 10.2 Å². The number of benzene rings is 1. The molecule has 0 saturated heterocycles. The van der Waals surface area contributed by atoms with E-state index in [-0.39, 0.29) is 23.7 Å². The molecule has 0 spiro atoms. The van der Waals surface area contributed by atoms with Gasteiger partial charge in [-0.15, -0.1) is 0 Å². The van der Waals surface area contributed by atoms with E-state index < -0.39 is 0 Å². The number of halogens is 1. The first-order chi connectivity index (χ1) is 12.5. The molecule has 0 heterocycles. The third-order valence-electron chi connectivity index (χ3n) is 5.27. The van der Waals surface area contributed by atoms with Gasteiger partial charge >= 0.3 is 0 Å². The van der Waals surface area contributed by atoms with Crippen LogP contribution >= 0.6 is 11.6 Å². The van der Waals surface area contributed by atoms with Gasteiger partial charge in [-0.25, -0.2) is 0 Å². The highest BCUT2D eigenvalue weighted by Gasteiger charge is 2.30. The van der Waals surface area contributed by atoms with Crippen molar-refractivity contribution in [1.29, 1.82) is 0 Å². The average Bonchev–Trinajstić information content (AvgIpc) is 2.65. The Labute approximate surface area is 162 Å². The summed E-state index contributed by atoms with van der Waals surface area (Å²) in [6, 6.07) is 7.72. The Morgan fingerprint density at radius 1 is 1.19 bits per heavy atom. The Hall–Kier alpha value is -1.55. The smallest absolute Gasteiger partial charge is 0.225 e. The number of carbonyl (C=O) groups is 2. The standard InChI is InChI=1S/C21H31ClN2O2/c1-3-4-14-24(2)21(26)18-10-8-17(9-11-18)20(25)23-13-12-16-6-5-7-19(22)15-16/h5-7,15,17-18H,3-4,8-14H2,1-2H3,(H,23,25). The highest BCUT2D eigenvalue weighted by Crippen LogP contribution is 2.30. The zero-order valence-electron chi connectivity index (χ0n) is 16.0. The molecule has 1 saturated carbocycles. The molecule has 1 aliphatic carbocycles. The highest BCUT2D eigenvalue weighted by atomic mass is 35.5. The molecule has 0 aliphatic heterocycles. The van der Waals surface area contributed by atoms with Gasteiger partial charge in [-0.1, -0.05) is 37.1 Å². The summed E-state index contributed by atoms with van der Waals surface area (Å²) in [6.07, 6.45) is 6.18. The third-order valence-corrected chi connectivity index (χ3v) is 5.51. The molecule has 0 atom stereocenters. The molecule has 0 bridgehead atoms. The summed E-state index contributed by atoms with van der Waals surface area (Å²) in [6.45, 7) is 3.59. The summed E-state index contributed by atoms with van der Waals surface area (Å²) >= 11 is 5.98. The Morgan fingerprint density at radius 3 is 2.54 bits per heavy atom. The third kappa shape index (κ3) is 6.31. The maximum atomic E-state index is 12.5. The number of amides is 2. The second-order valence-corrected chi connectivity index (χ2v) is 7.77. The van der Waals surface area contributed by atoms with E-state index in [1.165, 1.54) is 0 Å². The normalized spacial score (nSPS) is 19.8. The summed E-state index contributed by atoms with van der Waals surface area (Å²) in [7, 11) is 1.90. The minimum atomic E-state index is 0.0411. The molecule has 0 aromatic heterocycles. The van der Waals surface area contributed by atoms with Crippen LogP contribution in [0, 0.1) is 11.8 Å². The van der Waals surface area contributed by atoms with Crippen molar-refractivity contribution in [2.75, 3.05) is 20.1 Å². The fourth-order valence-corrected chi connectivity index (χ4v) is 3.80. The molecule has 1 fully saturated rings. The van der Waals surface area contributed by atoms with Gasteiger partial charge in [0.25, 0.3) is 0 Å². The lowest BCUT2D eigenvalue weighted by atomic mass is 9.81. The van der Waals surface area contributed by atoms with Gasteiger partial charge in [0.1, 0.15) is 0 Å². The van der Waals surface area contributed by atoms with Crippen LogP contribution in [0.5, 0.6) is 0 Å². The minimum absolute atomic E-state index is 0.0411. The van der Waals surface area contributed by atoms with Gasteiger partial charge in [-0.3, -0.25) is 9.59 Å². The van der Waals surface area contributed by atoms with E-state index in [4.69, 9.17) is 11.6 Å². The van der Waals surface area contributed by atoms with Crippen molar-refractivity contribution in [3.8, 4) is 0 Å². The second-order valence-electron chi connectivity index (χ2n) is 7.33. The summed E-state index contributed by atoms with van der Waals surface area (Å²) in [5.41, 5.74) is 1.13. The quantitative estimate of drug-likeness (QED) is 0.741. The van der Waals surface area contributed by atoms with Crippen molar-refractivity contribution >= 4 is 23.4 Å². The molecule has 0 radical (unpaired) electrons. The topological polar surface area (TPSA) is 49.4 Å². The van der Waals surface area contributed by atoms with Gasteiger partial charge in [0.05, 0.1) is 0 Å². The number of nitrogens with zero attached hydrogens (tertiary/aromatic N) is 1. The van der Waals surface area contributed by atoms with Gasteiger partial charge in [0.2, 0.25) is 11.8 Å².